The second kappa shape index (κ2) is 7.03. The summed E-state index contributed by atoms with van der Waals surface area (Å²) in [6.45, 7) is 1.48. The smallest absolute Gasteiger partial charge is 0.387 e. The first-order valence-corrected chi connectivity index (χ1v) is 7.67. The molecule has 0 radical (unpaired) electrons. The van der Waals surface area contributed by atoms with E-state index in [4.69, 9.17) is 0 Å². The molecule has 0 aliphatic rings. The summed E-state index contributed by atoms with van der Waals surface area (Å²) in [6.07, 6.45) is 0. The van der Waals surface area contributed by atoms with E-state index in [1.807, 2.05) is 6.07 Å². The third-order valence-corrected chi connectivity index (χ3v) is 4.33. The molecule has 1 nitrogen and oxygen atoms in total. The lowest BCUT2D eigenvalue weighted by molar-refractivity contribution is -0.0498. The van der Waals surface area contributed by atoms with Gasteiger partial charge >= 0.3 is 6.61 Å². The monoisotopic (exact) mass is 354 g/mol. The molecule has 2 aromatic rings. The number of halogens is 3. The van der Waals surface area contributed by atoms with Gasteiger partial charge in [-0.2, -0.15) is 8.78 Å². The average Bonchev–Trinajstić information content (AvgIpc) is 2.46. The fourth-order valence-electron chi connectivity index (χ4n) is 2.09. The zero-order valence-electron chi connectivity index (χ0n) is 11.9. The molecule has 2 rings (SSSR count). The van der Waals surface area contributed by atoms with Gasteiger partial charge in [-0.05, 0) is 34.7 Å². The first kappa shape index (κ1) is 16.0. The van der Waals surface area contributed by atoms with Crippen LogP contribution >= 0.6 is 15.9 Å². The third-order valence-electron chi connectivity index (χ3n) is 3.27. The summed E-state index contributed by atoms with van der Waals surface area (Å²) in [5, 5.41) is 0. The standard InChI is InChI=1S/C17H17BrF2O/c1-11(2)12-6-8-13(9-7-12)16(18)14-4-3-5-15(10-14)21-17(19)20/h3-11,16-17H,1-2H3. The summed E-state index contributed by atoms with van der Waals surface area (Å²) >= 11 is 3.61. The Labute approximate surface area is 132 Å². The maximum Gasteiger partial charge on any atom is 0.387 e. The molecule has 0 aromatic heterocycles. The van der Waals surface area contributed by atoms with Gasteiger partial charge in [-0.3, -0.25) is 0 Å². The molecule has 0 aliphatic carbocycles. The number of rotatable bonds is 5. The Balaban J connectivity index is 2.20. The normalized spacial score (nSPS) is 12.7. The lowest BCUT2D eigenvalue weighted by Crippen LogP contribution is -2.02. The Hall–Kier alpha value is -1.42. The molecular weight excluding hydrogens is 338 g/mol. The molecule has 0 aliphatic heterocycles. The van der Waals surface area contributed by atoms with Crippen molar-refractivity contribution in [3.63, 3.8) is 0 Å². The Morgan fingerprint density at radius 1 is 0.905 bits per heavy atom. The topological polar surface area (TPSA) is 9.23 Å². The number of hydrogen-bond acceptors (Lipinski definition) is 1. The minimum absolute atomic E-state index is 0.0556. The van der Waals surface area contributed by atoms with Crippen LogP contribution in [0.25, 0.3) is 0 Å². The molecule has 4 heteroatoms. The van der Waals surface area contributed by atoms with E-state index in [0.717, 1.165) is 11.1 Å². The quantitative estimate of drug-likeness (QED) is 0.607. The summed E-state index contributed by atoms with van der Waals surface area (Å²) in [4.78, 5) is -0.0556. The molecule has 21 heavy (non-hydrogen) atoms. The van der Waals surface area contributed by atoms with Crippen LogP contribution in [0, 0.1) is 0 Å². The van der Waals surface area contributed by atoms with Crippen molar-refractivity contribution in [3.05, 3.63) is 65.2 Å². The lowest BCUT2D eigenvalue weighted by atomic mass is 9.99. The van der Waals surface area contributed by atoms with E-state index < -0.39 is 6.61 Å². The van der Waals surface area contributed by atoms with Crippen LogP contribution in [0.15, 0.2) is 48.5 Å². The van der Waals surface area contributed by atoms with Crippen LogP contribution in [0.3, 0.4) is 0 Å². The van der Waals surface area contributed by atoms with Gasteiger partial charge in [0.05, 0.1) is 4.83 Å². The zero-order valence-corrected chi connectivity index (χ0v) is 13.5. The second-order valence-electron chi connectivity index (χ2n) is 5.13. The van der Waals surface area contributed by atoms with Crippen LogP contribution in [0.4, 0.5) is 8.78 Å². The second-order valence-corrected chi connectivity index (χ2v) is 6.05. The molecule has 0 spiro atoms. The fourth-order valence-corrected chi connectivity index (χ4v) is 2.68. The third kappa shape index (κ3) is 4.27. The van der Waals surface area contributed by atoms with Crippen LogP contribution in [-0.4, -0.2) is 6.61 Å². The predicted octanol–water partition coefficient (Wildman–Crippen LogP) is 5.90. The Morgan fingerprint density at radius 3 is 2.10 bits per heavy atom. The maximum absolute atomic E-state index is 12.3. The number of alkyl halides is 3. The van der Waals surface area contributed by atoms with E-state index in [0.29, 0.717) is 5.92 Å². The van der Waals surface area contributed by atoms with Crippen LogP contribution < -0.4 is 4.74 Å². The van der Waals surface area contributed by atoms with E-state index in [-0.39, 0.29) is 10.6 Å². The summed E-state index contributed by atoms with van der Waals surface area (Å²) in [7, 11) is 0. The van der Waals surface area contributed by atoms with Gasteiger partial charge in [0.25, 0.3) is 0 Å². The maximum atomic E-state index is 12.3. The van der Waals surface area contributed by atoms with Gasteiger partial charge in [0.2, 0.25) is 0 Å². The minimum Gasteiger partial charge on any atom is -0.435 e. The molecule has 0 amide bonds. The highest BCUT2D eigenvalue weighted by molar-refractivity contribution is 9.09. The molecule has 2 aromatic carbocycles. The Kier molecular flexibility index (Phi) is 5.34. The van der Waals surface area contributed by atoms with E-state index in [1.165, 1.54) is 11.6 Å². The lowest BCUT2D eigenvalue weighted by Gasteiger charge is -2.14. The van der Waals surface area contributed by atoms with Crippen molar-refractivity contribution in [2.75, 3.05) is 0 Å². The van der Waals surface area contributed by atoms with Crippen LogP contribution in [-0.2, 0) is 0 Å². The van der Waals surface area contributed by atoms with E-state index >= 15 is 0 Å². The molecule has 1 atom stereocenters. The molecule has 0 saturated carbocycles. The van der Waals surface area contributed by atoms with Crippen molar-refractivity contribution < 1.29 is 13.5 Å². The Morgan fingerprint density at radius 2 is 1.52 bits per heavy atom. The zero-order chi connectivity index (χ0) is 15.4. The average molecular weight is 355 g/mol. The molecule has 0 N–H and O–H groups in total. The minimum atomic E-state index is -2.81. The predicted molar refractivity (Wildman–Crippen MR) is 84.4 cm³/mol. The van der Waals surface area contributed by atoms with Gasteiger partial charge in [-0.25, -0.2) is 0 Å². The van der Waals surface area contributed by atoms with Gasteiger partial charge < -0.3 is 4.74 Å². The summed E-state index contributed by atoms with van der Waals surface area (Å²) in [6, 6.07) is 15.0. The van der Waals surface area contributed by atoms with Gasteiger partial charge in [0, 0.05) is 0 Å². The summed E-state index contributed by atoms with van der Waals surface area (Å²) < 4.78 is 29.0. The highest BCUT2D eigenvalue weighted by Gasteiger charge is 2.13. The first-order valence-electron chi connectivity index (χ1n) is 6.76. The summed E-state index contributed by atoms with van der Waals surface area (Å²) in [5.74, 6) is 0.654. The highest BCUT2D eigenvalue weighted by Crippen LogP contribution is 2.33. The number of ether oxygens (including phenoxy) is 1. The molecule has 0 saturated heterocycles. The summed E-state index contributed by atoms with van der Waals surface area (Å²) in [5.41, 5.74) is 3.23. The van der Waals surface area contributed by atoms with Gasteiger partial charge in [0.1, 0.15) is 5.75 Å². The molecule has 112 valence electrons. The highest BCUT2D eigenvalue weighted by atomic mass is 79.9. The van der Waals surface area contributed by atoms with Crippen molar-refractivity contribution in [2.24, 2.45) is 0 Å². The van der Waals surface area contributed by atoms with Gasteiger partial charge in [-0.1, -0.05) is 66.2 Å². The largest absolute Gasteiger partial charge is 0.435 e. The van der Waals surface area contributed by atoms with Crippen molar-refractivity contribution >= 4 is 15.9 Å². The molecule has 1 unspecified atom stereocenters. The fraction of sp³-hybridized carbons (Fsp3) is 0.294. The van der Waals surface area contributed by atoms with Crippen LogP contribution in [0.2, 0.25) is 0 Å². The van der Waals surface area contributed by atoms with Crippen LogP contribution in [0.5, 0.6) is 5.75 Å². The number of benzene rings is 2. The molecule has 0 heterocycles. The van der Waals surface area contributed by atoms with Gasteiger partial charge in [-0.15, -0.1) is 0 Å². The molecule has 0 bridgehead atoms. The van der Waals surface area contributed by atoms with E-state index in [9.17, 15) is 8.78 Å². The van der Waals surface area contributed by atoms with Crippen molar-refractivity contribution in [1.82, 2.24) is 0 Å². The van der Waals surface area contributed by atoms with E-state index in [2.05, 4.69) is 58.8 Å². The van der Waals surface area contributed by atoms with Crippen molar-refractivity contribution in [3.8, 4) is 5.75 Å². The van der Waals surface area contributed by atoms with E-state index in [1.54, 1.807) is 12.1 Å². The van der Waals surface area contributed by atoms with Gasteiger partial charge in [0.15, 0.2) is 0 Å². The van der Waals surface area contributed by atoms with Crippen molar-refractivity contribution in [1.29, 1.82) is 0 Å². The van der Waals surface area contributed by atoms with Crippen LogP contribution in [0.1, 0.15) is 41.3 Å². The molecule has 0 fully saturated rings. The first-order chi connectivity index (χ1) is 9.97. The SMILES string of the molecule is CC(C)c1ccc(C(Br)c2cccc(OC(F)F)c2)cc1. The van der Waals surface area contributed by atoms with Crippen molar-refractivity contribution in [2.45, 2.75) is 31.2 Å². The Bertz CT molecular complexity index is 582. The molecular formula is C17H17BrF2O. The number of hydrogen-bond donors (Lipinski definition) is 0.